The van der Waals surface area contributed by atoms with Crippen molar-refractivity contribution in [2.24, 2.45) is 0 Å². The highest BCUT2D eigenvalue weighted by molar-refractivity contribution is 5.92. The first kappa shape index (κ1) is 21.3. The van der Waals surface area contributed by atoms with Crippen LogP contribution in [0.4, 0.5) is 5.69 Å². The maximum atomic E-state index is 12.5. The number of hydrogen-bond acceptors (Lipinski definition) is 7. The highest BCUT2D eigenvalue weighted by atomic mass is 16.5. The van der Waals surface area contributed by atoms with Gasteiger partial charge in [-0.05, 0) is 18.2 Å². The van der Waals surface area contributed by atoms with Crippen molar-refractivity contribution in [3.8, 4) is 17.2 Å². The number of anilines is 1. The van der Waals surface area contributed by atoms with Crippen molar-refractivity contribution in [3.05, 3.63) is 66.9 Å². The van der Waals surface area contributed by atoms with Crippen LogP contribution in [0.15, 0.2) is 61.3 Å². The van der Waals surface area contributed by atoms with E-state index in [2.05, 4.69) is 20.4 Å². The molecule has 3 aromatic heterocycles. The number of methoxy groups -OCH3 is 2. The standard InChI is InChI=1S/C23H23N5O4/c1-30-10-9-28-15-17(13-26-28)27-23(29)11-16-3-4-18(12-22(16)31-2)32-21-6-8-25-20-5-7-24-14-19(20)21/h3-8,12-15H,9-11H2,1-2H3,(H,27,29). The Bertz CT molecular complexity index is 1220. The number of amides is 1. The Morgan fingerprint density at radius 3 is 2.84 bits per heavy atom. The molecule has 0 aliphatic carbocycles. The second-order valence-electron chi connectivity index (χ2n) is 6.99. The molecule has 0 saturated heterocycles. The van der Waals surface area contributed by atoms with Gasteiger partial charge in [0, 0.05) is 43.5 Å². The van der Waals surface area contributed by atoms with Crippen LogP contribution in [0.5, 0.6) is 17.2 Å². The van der Waals surface area contributed by atoms with Crippen LogP contribution in [0.25, 0.3) is 10.9 Å². The molecule has 4 rings (SSSR count). The van der Waals surface area contributed by atoms with E-state index in [1.165, 1.54) is 0 Å². The summed E-state index contributed by atoms with van der Waals surface area (Å²) in [5, 5.41) is 7.85. The number of hydrogen-bond donors (Lipinski definition) is 1. The first-order valence-corrected chi connectivity index (χ1v) is 10.0. The molecule has 0 aliphatic rings. The molecule has 0 aliphatic heterocycles. The monoisotopic (exact) mass is 433 g/mol. The maximum Gasteiger partial charge on any atom is 0.229 e. The molecule has 9 heteroatoms. The topological polar surface area (TPSA) is 100 Å². The van der Waals surface area contributed by atoms with Gasteiger partial charge in [0.05, 0.1) is 49.5 Å². The molecule has 0 spiro atoms. The van der Waals surface area contributed by atoms with Gasteiger partial charge in [-0.2, -0.15) is 5.10 Å². The van der Waals surface area contributed by atoms with E-state index in [1.54, 1.807) is 68.1 Å². The fraction of sp³-hybridized carbons (Fsp3) is 0.217. The second-order valence-corrected chi connectivity index (χ2v) is 6.99. The number of carbonyl (C=O) groups is 1. The lowest BCUT2D eigenvalue weighted by molar-refractivity contribution is -0.115. The average Bonchev–Trinajstić information content (AvgIpc) is 3.26. The fourth-order valence-corrected chi connectivity index (χ4v) is 3.23. The predicted octanol–water partition coefficient (Wildman–Crippen LogP) is 3.45. The number of rotatable bonds is 9. The minimum Gasteiger partial charge on any atom is -0.496 e. The summed E-state index contributed by atoms with van der Waals surface area (Å²) in [6.07, 6.45) is 8.60. The predicted molar refractivity (Wildman–Crippen MR) is 119 cm³/mol. The van der Waals surface area contributed by atoms with Gasteiger partial charge in [0.1, 0.15) is 17.2 Å². The Morgan fingerprint density at radius 1 is 1.09 bits per heavy atom. The zero-order valence-corrected chi connectivity index (χ0v) is 17.8. The first-order valence-electron chi connectivity index (χ1n) is 10.0. The summed E-state index contributed by atoms with van der Waals surface area (Å²) in [7, 11) is 3.19. The van der Waals surface area contributed by atoms with E-state index in [0.717, 1.165) is 16.5 Å². The normalized spacial score (nSPS) is 10.8. The Balaban J connectivity index is 1.45. The molecule has 3 heterocycles. The molecule has 164 valence electrons. The molecule has 1 aromatic carbocycles. The number of carbonyl (C=O) groups excluding carboxylic acids is 1. The second kappa shape index (κ2) is 9.88. The van der Waals surface area contributed by atoms with Crippen molar-refractivity contribution in [2.75, 3.05) is 26.1 Å². The summed E-state index contributed by atoms with van der Waals surface area (Å²) in [6, 6.07) is 8.98. The molecule has 0 unspecified atom stereocenters. The van der Waals surface area contributed by atoms with Gasteiger partial charge in [0.25, 0.3) is 0 Å². The zero-order valence-electron chi connectivity index (χ0n) is 17.8. The van der Waals surface area contributed by atoms with Crippen molar-refractivity contribution in [3.63, 3.8) is 0 Å². The molecule has 0 radical (unpaired) electrons. The van der Waals surface area contributed by atoms with Gasteiger partial charge in [-0.25, -0.2) is 0 Å². The third-order valence-electron chi connectivity index (χ3n) is 4.78. The summed E-state index contributed by atoms with van der Waals surface area (Å²) in [5.41, 5.74) is 2.16. The fourth-order valence-electron chi connectivity index (χ4n) is 3.23. The van der Waals surface area contributed by atoms with Gasteiger partial charge in [0.15, 0.2) is 0 Å². The number of nitrogens with one attached hydrogen (secondary N) is 1. The van der Waals surface area contributed by atoms with Crippen LogP contribution in [-0.2, 0) is 22.5 Å². The molecular formula is C23H23N5O4. The molecular weight excluding hydrogens is 410 g/mol. The van der Waals surface area contributed by atoms with Gasteiger partial charge in [0.2, 0.25) is 5.91 Å². The lowest BCUT2D eigenvalue weighted by Crippen LogP contribution is -2.14. The SMILES string of the molecule is COCCn1cc(NC(=O)Cc2ccc(Oc3ccnc4ccncc34)cc2OC)cn1. The van der Waals surface area contributed by atoms with Crippen LogP contribution in [0.3, 0.4) is 0 Å². The van der Waals surface area contributed by atoms with Gasteiger partial charge >= 0.3 is 0 Å². The van der Waals surface area contributed by atoms with E-state index in [1.807, 2.05) is 12.1 Å². The lowest BCUT2D eigenvalue weighted by atomic mass is 10.1. The zero-order chi connectivity index (χ0) is 22.3. The van der Waals surface area contributed by atoms with Crippen molar-refractivity contribution in [1.82, 2.24) is 19.7 Å². The summed E-state index contributed by atoms with van der Waals surface area (Å²) in [6.45, 7) is 1.16. The lowest BCUT2D eigenvalue weighted by Gasteiger charge is -2.12. The van der Waals surface area contributed by atoms with Crippen molar-refractivity contribution < 1.29 is 19.0 Å². The summed E-state index contributed by atoms with van der Waals surface area (Å²) in [4.78, 5) is 21.0. The molecule has 0 fully saturated rings. The van der Waals surface area contributed by atoms with Crippen LogP contribution in [0, 0.1) is 0 Å². The molecule has 0 saturated carbocycles. The molecule has 1 amide bonds. The number of nitrogens with zero attached hydrogens (tertiary/aromatic N) is 4. The molecule has 0 bridgehead atoms. The van der Waals surface area contributed by atoms with Crippen LogP contribution in [0.1, 0.15) is 5.56 Å². The average molecular weight is 433 g/mol. The van der Waals surface area contributed by atoms with E-state index < -0.39 is 0 Å². The Hall–Kier alpha value is -3.98. The molecule has 0 atom stereocenters. The van der Waals surface area contributed by atoms with Crippen LogP contribution in [0.2, 0.25) is 0 Å². The highest BCUT2D eigenvalue weighted by Crippen LogP contribution is 2.32. The number of ether oxygens (including phenoxy) is 3. The Morgan fingerprint density at radius 2 is 2.00 bits per heavy atom. The van der Waals surface area contributed by atoms with E-state index in [9.17, 15) is 4.79 Å². The van der Waals surface area contributed by atoms with Gasteiger partial charge in [-0.1, -0.05) is 6.07 Å². The number of fused-ring (bicyclic) bond motifs is 1. The largest absolute Gasteiger partial charge is 0.496 e. The molecule has 4 aromatic rings. The molecule has 32 heavy (non-hydrogen) atoms. The molecule has 9 nitrogen and oxygen atoms in total. The van der Waals surface area contributed by atoms with Gasteiger partial charge < -0.3 is 19.5 Å². The van der Waals surface area contributed by atoms with Crippen LogP contribution in [-0.4, -0.2) is 46.5 Å². The molecule has 1 N–H and O–H groups in total. The van der Waals surface area contributed by atoms with Gasteiger partial charge in [-0.3, -0.25) is 19.4 Å². The third-order valence-corrected chi connectivity index (χ3v) is 4.78. The van der Waals surface area contributed by atoms with E-state index in [4.69, 9.17) is 14.2 Å². The van der Waals surface area contributed by atoms with Gasteiger partial charge in [-0.15, -0.1) is 0 Å². The Labute approximate surface area is 185 Å². The quantitative estimate of drug-likeness (QED) is 0.431. The summed E-state index contributed by atoms with van der Waals surface area (Å²) in [5.74, 6) is 1.61. The minimum absolute atomic E-state index is 0.148. The highest BCUT2D eigenvalue weighted by Gasteiger charge is 2.13. The summed E-state index contributed by atoms with van der Waals surface area (Å²) >= 11 is 0. The number of aromatic nitrogens is 4. The Kier molecular flexibility index (Phi) is 6.57. The summed E-state index contributed by atoms with van der Waals surface area (Å²) < 4.78 is 18.3. The van der Waals surface area contributed by atoms with E-state index in [-0.39, 0.29) is 12.3 Å². The smallest absolute Gasteiger partial charge is 0.229 e. The maximum absolute atomic E-state index is 12.5. The van der Waals surface area contributed by atoms with Crippen molar-refractivity contribution in [1.29, 1.82) is 0 Å². The van der Waals surface area contributed by atoms with Crippen molar-refractivity contribution >= 4 is 22.5 Å². The number of benzene rings is 1. The number of pyridine rings is 2. The first-order chi connectivity index (χ1) is 15.7. The van der Waals surface area contributed by atoms with Crippen molar-refractivity contribution in [2.45, 2.75) is 13.0 Å². The third kappa shape index (κ3) is 5.01. The minimum atomic E-state index is -0.172. The van der Waals surface area contributed by atoms with Crippen LogP contribution < -0.4 is 14.8 Å². The van der Waals surface area contributed by atoms with E-state index in [0.29, 0.717) is 36.1 Å². The van der Waals surface area contributed by atoms with Crippen LogP contribution >= 0.6 is 0 Å². The van der Waals surface area contributed by atoms with E-state index >= 15 is 0 Å².